The molecule has 9 heteroatoms. The zero-order valence-corrected chi connectivity index (χ0v) is 16.2. The van der Waals surface area contributed by atoms with Crippen LogP contribution in [0, 0.1) is 0 Å². The van der Waals surface area contributed by atoms with Gasteiger partial charge in [0.15, 0.2) is 11.8 Å². The fourth-order valence-corrected chi connectivity index (χ4v) is 2.69. The molecule has 0 spiro atoms. The van der Waals surface area contributed by atoms with E-state index in [2.05, 4.69) is 25.3 Å². The molecule has 1 aliphatic rings. The molecule has 0 atom stereocenters. The van der Waals surface area contributed by atoms with Gasteiger partial charge in [0.2, 0.25) is 5.89 Å². The Morgan fingerprint density at radius 3 is 2.58 bits per heavy atom. The molecule has 2 rings (SSSR count). The number of rotatable bonds is 6. The Labute approximate surface area is 154 Å². The lowest BCUT2D eigenvalue weighted by atomic mass is 10.2. The molecule has 1 aliphatic heterocycles. The van der Waals surface area contributed by atoms with E-state index in [1.807, 2.05) is 20.8 Å². The van der Waals surface area contributed by atoms with E-state index in [9.17, 15) is 4.79 Å². The topological polar surface area (TPSA) is 96.1 Å². The van der Waals surface area contributed by atoms with Crippen LogP contribution in [0.4, 0.5) is 4.79 Å². The molecule has 2 heterocycles. The summed E-state index contributed by atoms with van der Waals surface area (Å²) in [7, 11) is 1.77. The highest BCUT2D eigenvalue weighted by atomic mass is 16.6. The summed E-state index contributed by atoms with van der Waals surface area (Å²) in [5.41, 5.74) is 0. The summed E-state index contributed by atoms with van der Waals surface area (Å²) in [6.45, 7) is 9.82. The average molecular weight is 366 g/mol. The molecule has 1 aromatic heterocycles. The van der Waals surface area contributed by atoms with Gasteiger partial charge >= 0.3 is 6.09 Å². The molecule has 26 heavy (non-hydrogen) atoms. The maximum atomic E-state index is 11.8. The Morgan fingerprint density at radius 1 is 1.31 bits per heavy atom. The van der Waals surface area contributed by atoms with E-state index < -0.39 is 0 Å². The molecule has 1 saturated heterocycles. The highest BCUT2D eigenvalue weighted by molar-refractivity contribution is 5.80. The van der Waals surface area contributed by atoms with Gasteiger partial charge in [-0.1, -0.05) is 19.0 Å². The van der Waals surface area contributed by atoms with Gasteiger partial charge in [-0.25, -0.2) is 4.79 Å². The van der Waals surface area contributed by atoms with E-state index in [1.54, 1.807) is 11.9 Å². The molecule has 146 valence electrons. The third kappa shape index (κ3) is 5.60. The van der Waals surface area contributed by atoms with Crippen LogP contribution in [0.15, 0.2) is 9.52 Å². The minimum atomic E-state index is -0.240. The largest absolute Gasteiger partial charge is 0.450 e. The number of nitrogens with one attached hydrogen (secondary N) is 1. The minimum absolute atomic E-state index is 0.240. The second-order valence-corrected chi connectivity index (χ2v) is 6.45. The van der Waals surface area contributed by atoms with Crippen LogP contribution >= 0.6 is 0 Å². The predicted octanol–water partition coefficient (Wildman–Crippen LogP) is 1.48. The van der Waals surface area contributed by atoms with E-state index in [4.69, 9.17) is 9.26 Å². The number of amides is 1. The van der Waals surface area contributed by atoms with Crippen molar-refractivity contribution in [1.29, 1.82) is 0 Å². The molecule has 1 aromatic rings. The lowest BCUT2D eigenvalue weighted by Crippen LogP contribution is -2.54. The molecule has 0 saturated carbocycles. The number of aromatic nitrogens is 2. The zero-order valence-electron chi connectivity index (χ0n) is 16.2. The van der Waals surface area contributed by atoms with Crippen LogP contribution in [0.25, 0.3) is 0 Å². The van der Waals surface area contributed by atoms with Crippen molar-refractivity contribution in [3.63, 3.8) is 0 Å². The first-order chi connectivity index (χ1) is 12.5. The number of guanidine groups is 1. The number of piperazine rings is 1. The van der Waals surface area contributed by atoms with Crippen LogP contribution in [0.3, 0.4) is 0 Å². The van der Waals surface area contributed by atoms with E-state index in [0.29, 0.717) is 25.6 Å². The van der Waals surface area contributed by atoms with Crippen molar-refractivity contribution in [2.45, 2.75) is 39.5 Å². The van der Waals surface area contributed by atoms with Crippen LogP contribution in [0.1, 0.15) is 44.8 Å². The lowest BCUT2D eigenvalue weighted by molar-refractivity contribution is 0.0914. The maximum absolute atomic E-state index is 11.8. The van der Waals surface area contributed by atoms with Crippen molar-refractivity contribution in [2.75, 3.05) is 46.4 Å². The Morgan fingerprint density at radius 2 is 2.00 bits per heavy atom. The fraction of sp³-hybridized carbons (Fsp3) is 0.765. The van der Waals surface area contributed by atoms with E-state index >= 15 is 0 Å². The van der Waals surface area contributed by atoms with Gasteiger partial charge in [-0.2, -0.15) is 4.98 Å². The summed E-state index contributed by atoms with van der Waals surface area (Å²) < 4.78 is 10.3. The van der Waals surface area contributed by atoms with Gasteiger partial charge in [-0.05, 0) is 13.3 Å². The number of carbonyl (C=O) groups is 1. The normalized spacial score (nSPS) is 15.5. The van der Waals surface area contributed by atoms with E-state index in [1.165, 1.54) is 0 Å². The second-order valence-electron chi connectivity index (χ2n) is 6.45. The van der Waals surface area contributed by atoms with Crippen LogP contribution in [-0.2, 0) is 11.2 Å². The smallest absolute Gasteiger partial charge is 0.409 e. The van der Waals surface area contributed by atoms with Gasteiger partial charge in [0.1, 0.15) is 0 Å². The van der Waals surface area contributed by atoms with Crippen molar-refractivity contribution >= 4 is 12.1 Å². The molecule has 0 radical (unpaired) electrons. The number of carbonyl (C=O) groups excluding carboxylic acids is 1. The van der Waals surface area contributed by atoms with Gasteiger partial charge in [-0.3, -0.25) is 4.99 Å². The van der Waals surface area contributed by atoms with Crippen LogP contribution in [-0.4, -0.2) is 78.4 Å². The lowest BCUT2D eigenvalue weighted by Gasteiger charge is -2.35. The molecular weight excluding hydrogens is 336 g/mol. The molecular formula is C17H30N6O3. The molecule has 0 aliphatic carbocycles. The number of hydrogen-bond donors (Lipinski definition) is 1. The summed E-state index contributed by atoms with van der Waals surface area (Å²) in [5.74, 6) is 2.55. The Hall–Kier alpha value is -2.32. The average Bonchev–Trinajstić information content (AvgIpc) is 3.11. The number of ether oxygens (including phenoxy) is 1. The number of aliphatic imine (C=N–C) groups is 1. The van der Waals surface area contributed by atoms with Crippen LogP contribution < -0.4 is 5.32 Å². The van der Waals surface area contributed by atoms with Crippen LogP contribution in [0.2, 0.25) is 0 Å². The van der Waals surface area contributed by atoms with Gasteiger partial charge in [-0.15, -0.1) is 0 Å². The Kier molecular flexibility index (Phi) is 7.68. The standard InChI is InChI=1S/C17H30N6O3/c1-5-25-17(24)23-11-9-22(10-12-23)16(18-4)19-8-6-7-14-20-15(13(2)3)21-26-14/h13H,5-12H2,1-4H3,(H,18,19). The molecule has 0 unspecified atom stereocenters. The SMILES string of the molecule is CCOC(=O)N1CCN(C(=NC)NCCCc2nc(C(C)C)no2)CC1. The third-order valence-corrected chi connectivity index (χ3v) is 4.17. The highest BCUT2D eigenvalue weighted by Gasteiger charge is 2.23. The number of hydrogen-bond acceptors (Lipinski definition) is 6. The summed E-state index contributed by atoms with van der Waals surface area (Å²) >= 11 is 0. The second kappa shape index (κ2) is 9.98. The number of nitrogens with zero attached hydrogens (tertiary/aromatic N) is 5. The highest BCUT2D eigenvalue weighted by Crippen LogP contribution is 2.10. The molecule has 0 bridgehead atoms. The minimum Gasteiger partial charge on any atom is -0.450 e. The quantitative estimate of drug-likeness (QED) is 0.463. The first-order valence-electron chi connectivity index (χ1n) is 9.24. The van der Waals surface area contributed by atoms with Crippen LogP contribution in [0.5, 0.6) is 0 Å². The molecule has 0 aromatic carbocycles. The van der Waals surface area contributed by atoms with Crippen molar-refractivity contribution in [2.24, 2.45) is 4.99 Å². The molecule has 1 N–H and O–H groups in total. The van der Waals surface area contributed by atoms with Gasteiger partial charge in [0, 0.05) is 52.1 Å². The van der Waals surface area contributed by atoms with E-state index in [-0.39, 0.29) is 12.0 Å². The monoisotopic (exact) mass is 366 g/mol. The third-order valence-electron chi connectivity index (χ3n) is 4.17. The van der Waals surface area contributed by atoms with Crippen molar-refractivity contribution in [3.8, 4) is 0 Å². The summed E-state index contributed by atoms with van der Waals surface area (Å²) in [6, 6.07) is 0. The first-order valence-corrected chi connectivity index (χ1v) is 9.24. The molecule has 1 fully saturated rings. The predicted molar refractivity (Wildman–Crippen MR) is 98.2 cm³/mol. The van der Waals surface area contributed by atoms with Gasteiger partial charge in [0.25, 0.3) is 0 Å². The zero-order chi connectivity index (χ0) is 18.9. The Bertz CT molecular complexity index is 593. The number of aryl methyl sites for hydroxylation is 1. The van der Waals surface area contributed by atoms with Crippen molar-refractivity contribution in [3.05, 3.63) is 11.7 Å². The molecule has 1 amide bonds. The van der Waals surface area contributed by atoms with E-state index in [0.717, 1.165) is 44.3 Å². The fourth-order valence-electron chi connectivity index (χ4n) is 2.69. The Balaban J connectivity index is 1.70. The molecule has 9 nitrogen and oxygen atoms in total. The summed E-state index contributed by atoms with van der Waals surface area (Å²) in [5, 5.41) is 7.33. The van der Waals surface area contributed by atoms with Gasteiger partial charge < -0.3 is 24.4 Å². The first kappa shape index (κ1) is 20.0. The van der Waals surface area contributed by atoms with Crippen molar-refractivity contribution < 1.29 is 14.1 Å². The summed E-state index contributed by atoms with van der Waals surface area (Å²) in [4.78, 5) is 24.4. The van der Waals surface area contributed by atoms with Crippen molar-refractivity contribution in [1.82, 2.24) is 25.3 Å². The maximum Gasteiger partial charge on any atom is 0.409 e. The van der Waals surface area contributed by atoms with Gasteiger partial charge in [0.05, 0.1) is 6.61 Å². The summed E-state index contributed by atoms with van der Waals surface area (Å²) in [6.07, 6.45) is 1.37.